The number of rotatable bonds is 2. The molecule has 0 aliphatic carbocycles. The lowest BCUT2D eigenvalue weighted by Crippen LogP contribution is -2.05. The highest BCUT2D eigenvalue weighted by molar-refractivity contribution is 5.82. The fourth-order valence-corrected chi connectivity index (χ4v) is 2.78. The summed E-state index contributed by atoms with van der Waals surface area (Å²) in [6.07, 6.45) is 5.23. The summed E-state index contributed by atoms with van der Waals surface area (Å²) >= 11 is 0. The maximum absolute atomic E-state index is 5.87. The van der Waals surface area contributed by atoms with Gasteiger partial charge in [-0.2, -0.15) is 0 Å². The summed E-state index contributed by atoms with van der Waals surface area (Å²) in [5, 5.41) is 0. The number of hydrogen-bond donors (Lipinski definition) is 0. The summed E-state index contributed by atoms with van der Waals surface area (Å²) in [4.78, 5) is 4.76. The van der Waals surface area contributed by atoms with Crippen molar-refractivity contribution >= 4 is 11.0 Å². The van der Waals surface area contributed by atoms with E-state index >= 15 is 0 Å². The summed E-state index contributed by atoms with van der Waals surface area (Å²) in [6, 6.07) is 13.9. The Labute approximate surface area is 128 Å². The highest BCUT2D eigenvalue weighted by Crippen LogP contribution is 2.36. The highest BCUT2D eigenvalue weighted by Gasteiger charge is 2.20. The average Bonchev–Trinajstić information content (AvgIpc) is 2.82. The van der Waals surface area contributed by atoms with Crippen LogP contribution in [0.25, 0.3) is 22.4 Å². The quantitative estimate of drug-likeness (QED) is 0.680. The van der Waals surface area contributed by atoms with Crippen LogP contribution in [0.5, 0.6) is 11.5 Å². The summed E-state index contributed by atoms with van der Waals surface area (Å²) in [5.74, 6) is 4.88. The molecule has 0 radical (unpaired) electrons. The highest BCUT2D eigenvalue weighted by atomic mass is 16.5. The van der Waals surface area contributed by atoms with Crippen LogP contribution >= 0.6 is 0 Å². The van der Waals surface area contributed by atoms with Crippen LogP contribution in [0.15, 0.2) is 42.5 Å². The summed E-state index contributed by atoms with van der Waals surface area (Å²) in [6.45, 7) is 1.61. The zero-order valence-electron chi connectivity index (χ0n) is 12.0. The molecule has 22 heavy (non-hydrogen) atoms. The zero-order valence-corrected chi connectivity index (χ0v) is 12.0. The van der Waals surface area contributed by atoms with Gasteiger partial charge in [0.05, 0.1) is 23.1 Å². The average molecular weight is 290 g/mol. The number of terminal acetylenes is 1. The van der Waals surface area contributed by atoms with Gasteiger partial charge in [0.2, 0.25) is 0 Å². The Kier molecular flexibility index (Phi) is 2.97. The Hall–Kier alpha value is -2.93. The molecular formula is C18H14N2O2. The summed E-state index contributed by atoms with van der Waals surface area (Å²) in [7, 11) is 0. The standard InChI is InChI=1S/C18H14N2O2/c1-2-10-21-13-7-8-14-17(12-13)22-11-9-20-16-6-4-3-5-15(16)19-18(14)20/h1,3-8,12H,9-11H2. The molecule has 0 amide bonds. The van der Waals surface area contributed by atoms with Gasteiger partial charge in [0.15, 0.2) is 0 Å². The van der Waals surface area contributed by atoms with Crippen LogP contribution in [0.2, 0.25) is 0 Å². The van der Waals surface area contributed by atoms with Crippen molar-refractivity contribution < 1.29 is 9.47 Å². The molecule has 0 atom stereocenters. The molecule has 0 fully saturated rings. The van der Waals surface area contributed by atoms with E-state index in [9.17, 15) is 0 Å². The zero-order chi connectivity index (χ0) is 14.9. The first kappa shape index (κ1) is 12.8. The molecule has 1 aliphatic rings. The Bertz CT molecular complexity index is 890. The fraction of sp³-hybridized carbons (Fsp3) is 0.167. The lowest BCUT2D eigenvalue weighted by molar-refractivity contribution is 0.304. The van der Waals surface area contributed by atoms with E-state index in [1.54, 1.807) is 0 Å². The predicted octanol–water partition coefficient (Wildman–Crippen LogP) is 3.11. The van der Waals surface area contributed by atoms with Gasteiger partial charge in [-0.1, -0.05) is 18.1 Å². The number of ether oxygens (including phenoxy) is 2. The molecule has 1 aromatic heterocycles. The predicted molar refractivity (Wildman–Crippen MR) is 85.0 cm³/mol. The van der Waals surface area contributed by atoms with Crippen molar-refractivity contribution in [2.24, 2.45) is 0 Å². The number of aromatic nitrogens is 2. The fourth-order valence-electron chi connectivity index (χ4n) is 2.78. The lowest BCUT2D eigenvalue weighted by atomic mass is 10.2. The molecule has 2 heterocycles. The van der Waals surface area contributed by atoms with Crippen molar-refractivity contribution in [2.45, 2.75) is 6.54 Å². The number of nitrogens with zero attached hydrogens (tertiary/aromatic N) is 2. The van der Waals surface area contributed by atoms with E-state index in [0.29, 0.717) is 12.4 Å². The molecule has 1 aliphatic heterocycles. The van der Waals surface area contributed by atoms with Crippen LogP contribution in [0, 0.1) is 12.3 Å². The Balaban J connectivity index is 1.86. The second-order valence-corrected chi connectivity index (χ2v) is 5.07. The molecule has 0 spiro atoms. The number of para-hydroxylation sites is 2. The second-order valence-electron chi connectivity index (χ2n) is 5.07. The molecule has 3 aromatic rings. The van der Waals surface area contributed by atoms with Gasteiger partial charge in [0, 0.05) is 6.07 Å². The molecule has 2 aromatic carbocycles. The maximum Gasteiger partial charge on any atom is 0.148 e. The minimum Gasteiger partial charge on any atom is -0.491 e. The van der Waals surface area contributed by atoms with Crippen molar-refractivity contribution in [3.05, 3.63) is 42.5 Å². The van der Waals surface area contributed by atoms with Gasteiger partial charge in [0.25, 0.3) is 0 Å². The van der Waals surface area contributed by atoms with Gasteiger partial charge in [-0.25, -0.2) is 4.98 Å². The molecule has 108 valence electrons. The molecular weight excluding hydrogens is 276 g/mol. The van der Waals surface area contributed by atoms with E-state index < -0.39 is 0 Å². The topological polar surface area (TPSA) is 36.3 Å². The first-order valence-electron chi connectivity index (χ1n) is 7.15. The number of hydrogen-bond acceptors (Lipinski definition) is 3. The summed E-state index contributed by atoms with van der Waals surface area (Å²) < 4.78 is 13.5. The summed E-state index contributed by atoms with van der Waals surface area (Å²) in [5.41, 5.74) is 3.10. The molecule has 0 unspecified atom stereocenters. The largest absolute Gasteiger partial charge is 0.491 e. The van der Waals surface area contributed by atoms with Crippen LogP contribution in [-0.2, 0) is 6.54 Å². The monoisotopic (exact) mass is 290 g/mol. The minimum atomic E-state index is 0.247. The van der Waals surface area contributed by atoms with Crippen LogP contribution in [0.4, 0.5) is 0 Å². The number of fused-ring (bicyclic) bond motifs is 5. The molecule has 4 heteroatoms. The van der Waals surface area contributed by atoms with Crippen molar-refractivity contribution in [2.75, 3.05) is 13.2 Å². The third-order valence-corrected chi connectivity index (χ3v) is 3.74. The van der Waals surface area contributed by atoms with Gasteiger partial charge in [-0.05, 0) is 24.3 Å². The Morgan fingerprint density at radius 3 is 3.09 bits per heavy atom. The molecule has 0 bridgehead atoms. The van der Waals surface area contributed by atoms with Crippen LogP contribution in [0.3, 0.4) is 0 Å². The lowest BCUT2D eigenvalue weighted by Gasteiger charge is -2.09. The third-order valence-electron chi connectivity index (χ3n) is 3.74. The third kappa shape index (κ3) is 1.99. The van der Waals surface area contributed by atoms with Crippen LogP contribution in [-0.4, -0.2) is 22.8 Å². The van der Waals surface area contributed by atoms with Crippen molar-refractivity contribution in [3.63, 3.8) is 0 Å². The maximum atomic E-state index is 5.87. The number of imidazole rings is 1. The normalized spacial score (nSPS) is 12.7. The minimum absolute atomic E-state index is 0.247. The van der Waals surface area contributed by atoms with E-state index in [-0.39, 0.29) is 6.61 Å². The van der Waals surface area contributed by atoms with Crippen molar-refractivity contribution in [1.82, 2.24) is 9.55 Å². The Morgan fingerprint density at radius 2 is 2.18 bits per heavy atom. The Morgan fingerprint density at radius 1 is 1.27 bits per heavy atom. The van der Waals surface area contributed by atoms with E-state index in [1.807, 2.05) is 36.4 Å². The van der Waals surface area contributed by atoms with Crippen LogP contribution < -0.4 is 9.47 Å². The van der Waals surface area contributed by atoms with Gasteiger partial charge in [0.1, 0.15) is 30.5 Å². The molecule has 0 N–H and O–H groups in total. The van der Waals surface area contributed by atoms with E-state index in [1.165, 1.54) is 0 Å². The molecule has 4 nitrogen and oxygen atoms in total. The van der Waals surface area contributed by atoms with Crippen molar-refractivity contribution in [1.29, 1.82) is 0 Å². The van der Waals surface area contributed by atoms with Gasteiger partial charge in [-0.15, -0.1) is 6.42 Å². The first-order valence-corrected chi connectivity index (χ1v) is 7.15. The molecule has 0 saturated heterocycles. The first-order chi connectivity index (χ1) is 10.9. The SMILES string of the molecule is C#CCOc1ccc2c(c1)OCCn1c-2nc2ccccc21. The second kappa shape index (κ2) is 5.12. The smallest absolute Gasteiger partial charge is 0.148 e. The van der Waals surface area contributed by atoms with Crippen molar-refractivity contribution in [3.8, 4) is 35.2 Å². The van der Waals surface area contributed by atoms with Gasteiger partial charge < -0.3 is 14.0 Å². The van der Waals surface area contributed by atoms with Gasteiger partial charge >= 0.3 is 0 Å². The van der Waals surface area contributed by atoms with Gasteiger partial charge in [-0.3, -0.25) is 0 Å². The van der Waals surface area contributed by atoms with Crippen LogP contribution in [0.1, 0.15) is 0 Å². The number of benzene rings is 2. The molecule has 4 rings (SSSR count). The van der Waals surface area contributed by atoms with E-state index in [0.717, 1.165) is 34.7 Å². The van der Waals surface area contributed by atoms with E-state index in [4.69, 9.17) is 20.9 Å². The molecule has 0 saturated carbocycles. The van der Waals surface area contributed by atoms with E-state index in [2.05, 4.69) is 16.6 Å².